The van der Waals surface area contributed by atoms with Crippen LogP contribution in [0.4, 0.5) is 10.5 Å². The van der Waals surface area contributed by atoms with Crippen LogP contribution in [-0.2, 0) is 19.1 Å². The zero-order valence-corrected chi connectivity index (χ0v) is 27.0. The molecule has 0 radical (unpaired) electrons. The lowest BCUT2D eigenvalue weighted by Crippen LogP contribution is -2.59. The van der Waals surface area contributed by atoms with E-state index < -0.39 is 29.4 Å². The average molecular weight is 624 g/mol. The number of piperazine rings is 1. The van der Waals surface area contributed by atoms with Gasteiger partial charge in [-0.2, -0.15) is 0 Å². The Kier molecular flexibility index (Phi) is 8.40. The third-order valence-corrected chi connectivity index (χ3v) is 9.87. The van der Waals surface area contributed by atoms with E-state index in [0.717, 1.165) is 61.5 Å². The maximum Gasteiger partial charge on any atom is 0.410 e. The van der Waals surface area contributed by atoms with E-state index in [9.17, 15) is 24.0 Å². The van der Waals surface area contributed by atoms with Gasteiger partial charge in [0.2, 0.25) is 11.8 Å². The van der Waals surface area contributed by atoms with Gasteiger partial charge in [0.05, 0.1) is 23.3 Å². The number of benzene rings is 1. The molecule has 4 heterocycles. The number of rotatable bonds is 5. The number of nitrogens with zero attached hydrogens (tertiary/aromatic N) is 4. The highest BCUT2D eigenvalue weighted by Gasteiger charge is 2.46. The van der Waals surface area contributed by atoms with Gasteiger partial charge in [-0.15, -0.1) is 0 Å². The van der Waals surface area contributed by atoms with Crippen LogP contribution in [0.25, 0.3) is 0 Å². The smallest absolute Gasteiger partial charge is 0.410 e. The summed E-state index contributed by atoms with van der Waals surface area (Å²) in [7, 11) is 0. The zero-order chi connectivity index (χ0) is 32.2. The Morgan fingerprint density at radius 2 is 1.64 bits per heavy atom. The number of nitrogens with one attached hydrogen (secondary N) is 1. The molecule has 1 aromatic rings. The Labute approximate surface area is 264 Å². The molecule has 2 atom stereocenters. The van der Waals surface area contributed by atoms with Crippen molar-refractivity contribution in [2.75, 3.05) is 37.6 Å². The van der Waals surface area contributed by atoms with Crippen molar-refractivity contribution in [1.29, 1.82) is 0 Å². The number of imide groups is 2. The van der Waals surface area contributed by atoms with Crippen molar-refractivity contribution in [3.8, 4) is 0 Å². The summed E-state index contributed by atoms with van der Waals surface area (Å²) in [5.41, 5.74) is 1.85. The van der Waals surface area contributed by atoms with Crippen LogP contribution in [0.2, 0.25) is 0 Å². The van der Waals surface area contributed by atoms with E-state index in [-0.39, 0.29) is 43.1 Å². The average Bonchev–Trinajstić information content (AvgIpc) is 3.20. The highest BCUT2D eigenvalue weighted by Crippen LogP contribution is 2.37. The standard InChI is InChI=1S/C33H45N5O7/c1-19-18-36(21-16-23(17-21)44-22-10-12-35(13-11-22)32(43)45-33(3,4)5)14-15-37(19)25-7-6-24-28(20(25)2)31(42)38(30(24)41)26-8-9-27(39)34-29(26)40/h6-7,19,21-23,26H,8-18H2,1-5H3,(H,34,39,40)/t19-,21?,23?,26?/m1/s1. The number of hydrogen-bond acceptors (Lipinski definition) is 9. The van der Waals surface area contributed by atoms with E-state index >= 15 is 0 Å². The number of carbonyl (C=O) groups is 5. The fourth-order valence-electron chi connectivity index (χ4n) is 7.42. The molecule has 1 aliphatic carbocycles. The van der Waals surface area contributed by atoms with Crippen LogP contribution in [0.1, 0.15) is 92.5 Å². The molecule has 12 nitrogen and oxygen atoms in total. The van der Waals surface area contributed by atoms with E-state index in [1.807, 2.05) is 33.8 Å². The number of ether oxygens (including phenoxy) is 2. The number of piperidine rings is 2. The molecule has 6 rings (SSSR count). The van der Waals surface area contributed by atoms with Gasteiger partial charge in [-0.1, -0.05) is 0 Å². The van der Waals surface area contributed by atoms with Gasteiger partial charge in [-0.05, 0) is 84.4 Å². The van der Waals surface area contributed by atoms with E-state index in [1.165, 1.54) is 0 Å². The number of amides is 5. The second-order valence-corrected chi connectivity index (χ2v) is 14.2. The first-order chi connectivity index (χ1) is 21.3. The van der Waals surface area contributed by atoms with Crippen molar-refractivity contribution in [1.82, 2.24) is 20.0 Å². The molecule has 5 amide bonds. The molecular formula is C33H45N5O7. The predicted molar refractivity (Wildman–Crippen MR) is 165 cm³/mol. The minimum Gasteiger partial charge on any atom is -0.444 e. The summed E-state index contributed by atoms with van der Waals surface area (Å²) in [6.07, 6.45) is 4.08. The van der Waals surface area contributed by atoms with Gasteiger partial charge in [-0.3, -0.25) is 34.3 Å². The second kappa shape index (κ2) is 12.0. The Hall–Kier alpha value is -3.51. The fraction of sp³-hybridized carbons (Fsp3) is 0.667. The molecule has 244 valence electrons. The van der Waals surface area contributed by atoms with Gasteiger partial charge in [0.15, 0.2) is 0 Å². The molecule has 0 aromatic heterocycles. The van der Waals surface area contributed by atoms with Gasteiger partial charge < -0.3 is 19.3 Å². The van der Waals surface area contributed by atoms with Crippen LogP contribution in [-0.4, -0.2) is 113 Å². The molecule has 4 aliphatic heterocycles. The minimum atomic E-state index is -0.972. The number of carbonyl (C=O) groups excluding carboxylic acids is 5. The maximum atomic E-state index is 13.5. The van der Waals surface area contributed by atoms with Crippen LogP contribution in [0.3, 0.4) is 0 Å². The Balaban J connectivity index is 1.00. The Morgan fingerprint density at radius 1 is 0.933 bits per heavy atom. The molecule has 3 saturated heterocycles. The lowest BCUT2D eigenvalue weighted by atomic mass is 9.86. The number of anilines is 1. The molecule has 0 bridgehead atoms. The number of likely N-dealkylation sites (tertiary alicyclic amines) is 1. The molecule has 5 aliphatic rings. The summed E-state index contributed by atoms with van der Waals surface area (Å²) in [5, 5.41) is 2.25. The first-order valence-corrected chi connectivity index (χ1v) is 16.3. The van der Waals surface area contributed by atoms with Gasteiger partial charge >= 0.3 is 6.09 Å². The lowest BCUT2D eigenvalue weighted by molar-refractivity contribution is -0.136. The monoisotopic (exact) mass is 623 g/mol. The van der Waals surface area contributed by atoms with Crippen molar-refractivity contribution >= 4 is 35.4 Å². The van der Waals surface area contributed by atoms with Crippen molar-refractivity contribution in [2.24, 2.45) is 0 Å². The molecule has 1 saturated carbocycles. The van der Waals surface area contributed by atoms with Gasteiger partial charge in [0.25, 0.3) is 11.8 Å². The fourth-order valence-corrected chi connectivity index (χ4v) is 7.42. The van der Waals surface area contributed by atoms with Crippen LogP contribution in [0.5, 0.6) is 0 Å². The Bertz CT molecular complexity index is 1390. The zero-order valence-electron chi connectivity index (χ0n) is 27.0. The van der Waals surface area contributed by atoms with E-state index in [1.54, 1.807) is 11.0 Å². The summed E-state index contributed by atoms with van der Waals surface area (Å²) in [5.74, 6) is -1.93. The van der Waals surface area contributed by atoms with Crippen LogP contribution >= 0.6 is 0 Å². The van der Waals surface area contributed by atoms with E-state index in [4.69, 9.17) is 9.47 Å². The number of hydrogen-bond donors (Lipinski definition) is 1. The molecule has 45 heavy (non-hydrogen) atoms. The molecular weight excluding hydrogens is 578 g/mol. The second-order valence-electron chi connectivity index (χ2n) is 14.2. The largest absolute Gasteiger partial charge is 0.444 e. The summed E-state index contributed by atoms with van der Waals surface area (Å²) in [4.78, 5) is 70.8. The lowest BCUT2D eigenvalue weighted by Gasteiger charge is -2.50. The third kappa shape index (κ3) is 6.18. The summed E-state index contributed by atoms with van der Waals surface area (Å²) >= 11 is 0. The maximum absolute atomic E-state index is 13.5. The van der Waals surface area contributed by atoms with Crippen molar-refractivity contribution in [3.05, 3.63) is 28.8 Å². The topological polar surface area (TPSA) is 129 Å². The van der Waals surface area contributed by atoms with Crippen LogP contribution < -0.4 is 10.2 Å². The van der Waals surface area contributed by atoms with Crippen LogP contribution in [0.15, 0.2) is 12.1 Å². The molecule has 1 aromatic carbocycles. The van der Waals surface area contributed by atoms with Crippen molar-refractivity contribution in [2.45, 2.75) is 109 Å². The molecule has 1 unspecified atom stereocenters. The summed E-state index contributed by atoms with van der Waals surface area (Å²) < 4.78 is 11.9. The normalized spacial score (nSPS) is 28.2. The molecule has 0 spiro atoms. The first-order valence-electron chi connectivity index (χ1n) is 16.3. The quantitative estimate of drug-likeness (QED) is 0.493. The predicted octanol–water partition coefficient (Wildman–Crippen LogP) is 2.85. The minimum absolute atomic E-state index is 0.0961. The molecule has 4 fully saturated rings. The molecule has 1 N–H and O–H groups in total. The Morgan fingerprint density at radius 3 is 2.29 bits per heavy atom. The van der Waals surface area contributed by atoms with Crippen molar-refractivity contribution < 1.29 is 33.4 Å². The van der Waals surface area contributed by atoms with Gasteiger partial charge in [0.1, 0.15) is 11.6 Å². The van der Waals surface area contributed by atoms with Crippen molar-refractivity contribution in [3.63, 3.8) is 0 Å². The third-order valence-electron chi connectivity index (χ3n) is 9.87. The van der Waals surface area contributed by atoms with Crippen LogP contribution in [0, 0.1) is 6.92 Å². The van der Waals surface area contributed by atoms with Gasteiger partial charge in [0, 0.05) is 56.9 Å². The molecule has 12 heteroatoms. The first kappa shape index (κ1) is 31.5. The van der Waals surface area contributed by atoms with E-state index in [2.05, 4.69) is 22.0 Å². The number of fused-ring (bicyclic) bond motifs is 1. The highest BCUT2D eigenvalue weighted by molar-refractivity contribution is 6.24. The van der Waals surface area contributed by atoms with Gasteiger partial charge in [-0.25, -0.2) is 4.79 Å². The summed E-state index contributed by atoms with van der Waals surface area (Å²) in [6, 6.07) is 3.32. The van der Waals surface area contributed by atoms with E-state index in [0.29, 0.717) is 30.3 Å². The SMILES string of the molecule is Cc1c(N2CCN(C3CC(OC4CCN(C(=O)OC(C)(C)C)CC4)C3)C[C@H]2C)ccc2c1C(=O)N(C1CCC(=O)NC1=O)C2=O. The summed E-state index contributed by atoms with van der Waals surface area (Å²) in [6.45, 7) is 13.6. The highest BCUT2D eigenvalue weighted by atomic mass is 16.6.